The number of allylic oxidation sites excluding steroid dienone is 1. The summed E-state index contributed by atoms with van der Waals surface area (Å²) in [6.45, 7) is 5.86. The lowest BCUT2D eigenvalue weighted by Gasteiger charge is -2.43. The smallest absolute Gasteiger partial charge is 0.416 e. The summed E-state index contributed by atoms with van der Waals surface area (Å²) >= 11 is 0. The Balaban J connectivity index is 1.58. The van der Waals surface area contributed by atoms with Crippen LogP contribution in [0.1, 0.15) is 61.6 Å². The highest BCUT2D eigenvalue weighted by atomic mass is 19.4. The largest absolute Gasteiger partial charge is 0.459 e. The van der Waals surface area contributed by atoms with Gasteiger partial charge in [0.25, 0.3) is 0 Å². The monoisotopic (exact) mass is 769 g/mol. The van der Waals surface area contributed by atoms with Crippen LogP contribution in [0.5, 0.6) is 0 Å². The third-order valence-electron chi connectivity index (χ3n) is 8.58. The molecule has 0 saturated heterocycles. The van der Waals surface area contributed by atoms with Crippen molar-refractivity contribution in [1.82, 2.24) is 4.90 Å². The summed E-state index contributed by atoms with van der Waals surface area (Å²) in [7, 11) is 0. The van der Waals surface area contributed by atoms with Gasteiger partial charge in [0.1, 0.15) is 18.2 Å². The van der Waals surface area contributed by atoms with Crippen molar-refractivity contribution in [2.45, 2.75) is 64.8 Å². The average molecular weight is 770 g/mol. The number of halogens is 3. The normalized spacial score (nSPS) is 14.8. The topological polar surface area (TPSA) is 118 Å². The van der Waals surface area contributed by atoms with Crippen molar-refractivity contribution in [3.8, 4) is 6.07 Å². The minimum Gasteiger partial charge on any atom is -0.459 e. The lowest BCUT2D eigenvalue weighted by molar-refractivity contribution is -0.157. The molecule has 292 valence electrons. The molecule has 0 aliphatic carbocycles. The van der Waals surface area contributed by atoms with Gasteiger partial charge in [-0.3, -0.25) is 9.69 Å². The zero-order chi connectivity index (χ0) is 40.5. The number of hydrogen-bond donors (Lipinski definition) is 0. The Hall–Kier alpha value is -5.97. The van der Waals surface area contributed by atoms with E-state index in [4.69, 9.17) is 18.9 Å². The van der Waals surface area contributed by atoms with Gasteiger partial charge in [-0.2, -0.15) is 18.4 Å². The number of benzene rings is 4. The molecule has 1 aliphatic rings. The number of carbonyl (C=O) groups excluding carboxylic acids is 3. The van der Waals surface area contributed by atoms with Gasteiger partial charge in [-0.15, -0.1) is 0 Å². The fraction of sp³-hybridized carbons (Fsp3) is 0.302. The molecule has 2 amide bonds. The van der Waals surface area contributed by atoms with Crippen molar-refractivity contribution in [3.63, 3.8) is 0 Å². The van der Waals surface area contributed by atoms with Crippen LogP contribution in [0.4, 0.5) is 23.7 Å². The lowest BCUT2D eigenvalue weighted by Crippen LogP contribution is -2.53. The molecule has 56 heavy (non-hydrogen) atoms. The number of alkyl halides is 3. The van der Waals surface area contributed by atoms with Crippen LogP contribution in [0.25, 0.3) is 0 Å². The van der Waals surface area contributed by atoms with Gasteiger partial charge in [-0.05, 0) is 74.7 Å². The predicted molar refractivity (Wildman–Crippen MR) is 201 cm³/mol. The molecule has 10 nitrogen and oxygen atoms in total. The molecule has 5 rings (SSSR count). The van der Waals surface area contributed by atoms with Gasteiger partial charge in [0, 0.05) is 5.70 Å². The third kappa shape index (κ3) is 10.8. The number of anilines is 1. The van der Waals surface area contributed by atoms with E-state index in [0.717, 1.165) is 39.1 Å². The Morgan fingerprint density at radius 3 is 1.91 bits per heavy atom. The molecule has 0 fully saturated rings. The maximum Gasteiger partial charge on any atom is 0.416 e. The Kier molecular flexibility index (Phi) is 13.3. The number of hydrogen-bond acceptors (Lipinski definition) is 8. The molecule has 1 unspecified atom stereocenters. The van der Waals surface area contributed by atoms with E-state index in [1.807, 2.05) is 66.7 Å². The molecular formula is C43H42F3N3O7. The molecule has 0 spiro atoms. The highest BCUT2D eigenvalue weighted by Crippen LogP contribution is 2.41. The first-order valence-electron chi connectivity index (χ1n) is 17.8. The van der Waals surface area contributed by atoms with Crippen LogP contribution in [0.2, 0.25) is 0 Å². The summed E-state index contributed by atoms with van der Waals surface area (Å²) in [5.74, 6) is -1.77. The SMILES string of the molecule is CC1=C(C(=O)OC(COCc2ccccc2)COCc2ccccc2)C(c2ccc(C#N)cc2)N(CC(=O)OC(C)(C)C)C(=O)N1c1cccc(C(F)(F)F)c1. The Morgan fingerprint density at radius 2 is 1.39 bits per heavy atom. The van der Waals surface area contributed by atoms with Gasteiger partial charge >= 0.3 is 24.1 Å². The van der Waals surface area contributed by atoms with Crippen LogP contribution in [0.15, 0.2) is 120 Å². The third-order valence-corrected chi connectivity index (χ3v) is 8.58. The minimum atomic E-state index is -4.75. The van der Waals surface area contributed by atoms with Gasteiger partial charge in [0.2, 0.25) is 0 Å². The Bertz CT molecular complexity index is 2010. The molecule has 13 heteroatoms. The number of nitrogens with zero attached hydrogens (tertiary/aromatic N) is 3. The van der Waals surface area contributed by atoms with E-state index in [2.05, 4.69) is 0 Å². The van der Waals surface area contributed by atoms with Crippen LogP contribution in [0, 0.1) is 11.3 Å². The van der Waals surface area contributed by atoms with Gasteiger partial charge in [-0.25, -0.2) is 9.59 Å². The first-order chi connectivity index (χ1) is 26.6. The number of amides is 2. The van der Waals surface area contributed by atoms with Crippen LogP contribution >= 0.6 is 0 Å². The van der Waals surface area contributed by atoms with Crippen molar-refractivity contribution in [2.75, 3.05) is 24.7 Å². The number of nitriles is 1. The van der Waals surface area contributed by atoms with Crippen LogP contribution < -0.4 is 4.90 Å². The molecule has 0 radical (unpaired) electrons. The van der Waals surface area contributed by atoms with E-state index in [1.54, 1.807) is 20.8 Å². The molecule has 0 N–H and O–H groups in total. The minimum absolute atomic E-state index is 0.0386. The summed E-state index contributed by atoms with van der Waals surface area (Å²) in [5, 5.41) is 9.50. The van der Waals surface area contributed by atoms with Crippen LogP contribution in [0.3, 0.4) is 0 Å². The Morgan fingerprint density at radius 1 is 0.821 bits per heavy atom. The zero-order valence-corrected chi connectivity index (χ0v) is 31.4. The van der Waals surface area contributed by atoms with Crippen LogP contribution in [-0.2, 0) is 47.9 Å². The van der Waals surface area contributed by atoms with Gasteiger partial charge < -0.3 is 23.8 Å². The van der Waals surface area contributed by atoms with Gasteiger partial charge in [0.15, 0.2) is 0 Å². The lowest BCUT2D eigenvalue weighted by atomic mass is 9.92. The van der Waals surface area contributed by atoms with Crippen LogP contribution in [-0.4, -0.2) is 54.3 Å². The number of urea groups is 1. The van der Waals surface area contributed by atoms with E-state index >= 15 is 0 Å². The second kappa shape index (κ2) is 18.1. The van der Waals surface area contributed by atoms with Crippen molar-refractivity contribution < 1.29 is 46.5 Å². The molecule has 0 bridgehead atoms. The summed E-state index contributed by atoms with van der Waals surface area (Å²) in [4.78, 5) is 44.6. The second-order valence-corrected chi connectivity index (χ2v) is 14.0. The molecule has 1 aliphatic heterocycles. The van der Waals surface area contributed by atoms with Gasteiger partial charge in [0.05, 0.1) is 60.9 Å². The molecule has 1 atom stereocenters. The maximum absolute atomic E-state index is 14.7. The number of rotatable bonds is 14. The van der Waals surface area contributed by atoms with Crippen molar-refractivity contribution >= 4 is 23.7 Å². The van der Waals surface area contributed by atoms with E-state index in [1.165, 1.54) is 37.3 Å². The highest BCUT2D eigenvalue weighted by Gasteiger charge is 2.45. The quantitative estimate of drug-likeness (QED) is 0.117. The summed E-state index contributed by atoms with van der Waals surface area (Å²) < 4.78 is 65.4. The Labute approximate surface area is 323 Å². The average Bonchev–Trinajstić information content (AvgIpc) is 3.15. The molecular weight excluding hydrogens is 727 g/mol. The zero-order valence-electron chi connectivity index (χ0n) is 31.4. The summed E-state index contributed by atoms with van der Waals surface area (Å²) in [6.07, 6.45) is -5.74. The number of ether oxygens (including phenoxy) is 4. The fourth-order valence-electron chi connectivity index (χ4n) is 6.10. The van der Waals surface area contributed by atoms with Gasteiger partial charge in [-0.1, -0.05) is 78.9 Å². The summed E-state index contributed by atoms with van der Waals surface area (Å²) in [6, 6.07) is 28.7. The first kappa shape index (κ1) is 41.2. The van der Waals surface area contributed by atoms with E-state index in [9.17, 15) is 32.8 Å². The van der Waals surface area contributed by atoms with Crippen molar-refractivity contribution in [3.05, 3.63) is 148 Å². The molecule has 0 aromatic heterocycles. The van der Waals surface area contributed by atoms with E-state index in [-0.39, 0.29) is 48.9 Å². The molecule has 4 aromatic rings. The summed E-state index contributed by atoms with van der Waals surface area (Å²) in [5.41, 5.74) is -0.00208. The molecule has 4 aromatic carbocycles. The molecule has 1 heterocycles. The highest BCUT2D eigenvalue weighted by molar-refractivity contribution is 6.04. The van der Waals surface area contributed by atoms with E-state index in [0.29, 0.717) is 5.56 Å². The number of carbonyl (C=O) groups is 3. The van der Waals surface area contributed by atoms with Crippen molar-refractivity contribution in [2.24, 2.45) is 0 Å². The number of esters is 2. The first-order valence-corrected chi connectivity index (χ1v) is 17.8. The fourth-order valence-corrected chi connectivity index (χ4v) is 6.10. The van der Waals surface area contributed by atoms with E-state index < -0.39 is 54.0 Å². The maximum atomic E-state index is 14.7. The second-order valence-electron chi connectivity index (χ2n) is 14.0. The predicted octanol–water partition coefficient (Wildman–Crippen LogP) is 8.52. The standard InChI is InChI=1S/C43H42F3N3O7/c1-29-38(40(51)55-36(27-53-25-31-12-7-5-8-13-31)28-54-26-32-14-9-6-10-15-32)39(33-20-18-30(23-47)19-21-33)48(24-37(50)56-42(2,3)4)41(52)49(29)35-17-11-16-34(22-35)43(44,45)46/h5-22,36,39H,24-28H2,1-4H3. The van der Waals surface area contributed by atoms with Crippen molar-refractivity contribution in [1.29, 1.82) is 5.26 Å². The molecule has 0 saturated carbocycles.